The van der Waals surface area contributed by atoms with Gasteiger partial charge in [0.2, 0.25) is 5.91 Å². The molecule has 1 amide bonds. The van der Waals surface area contributed by atoms with E-state index in [9.17, 15) is 23.2 Å². The first-order valence-corrected chi connectivity index (χ1v) is 9.92. The molecule has 3 N–H and O–H groups in total. The quantitative estimate of drug-likeness (QED) is 0.377. The van der Waals surface area contributed by atoms with Gasteiger partial charge in [-0.2, -0.15) is 19.1 Å². The first-order valence-electron chi connectivity index (χ1n) is 9.92. The van der Waals surface area contributed by atoms with Gasteiger partial charge >= 0.3 is 6.61 Å². The van der Waals surface area contributed by atoms with Crippen molar-refractivity contribution >= 4 is 17.8 Å². The number of carbonyl (C=O) groups is 1. The molecule has 0 aliphatic heterocycles. The zero-order valence-electron chi connectivity index (χ0n) is 17.3. The molecule has 0 aliphatic carbocycles. The highest BCUT2D eigenvalue weighted by Crippen LogP contribution is 2.22. The van der Waals surface area contributed by atoms with Crippen molar-refractivity contribution in [2.24, 2.45) is 0 Å². The van der Waals surface area contributed by atoms with Crippen molar-refractivity contribution in [3.8, 4) is 17.5 Å². The van der Waals surface area contributed by atoms with E-state index in [2.05, 4.69) is 15.2 Å². The molecule has 7 nitrogen and oxygen atoms in total. The van der Waals surface area contributed by atoms with E-state index >= 15 is 0 Å². The van der Waals surface area contributed by atoms with Gasteiger partial charge in [-0.1, -0.05) is 18.2 Å². The summed E-state index contributed by atoms with van der Waals surface area (Å²) in [5, 5.41) is 16.5. The number of anilines is 1. The number of ether oxygens (including phenoxy) is 1. The summed E-state index contributed by atoms with van der Waals surface area (Å²) < 4.78 is 43.9. The lowest BCUT2D eigenvalue weighted by Crippen LogP contribution is -2.22. The predicted octanol–water partition coefficient (Wildman–Crippen LogP) is 3.83. The molecule has 0 atom stereocenters. The number of hydrogen-bond donors (Lipinski definition) is 2. The van der Waals surface area contributed by atoms with Gasteiger partial charge in [0.1, 0.15) is 29.0 Å². The molecule has 2 aromatic carbocycles. The molecular formula is C23H20F3N5O2. The summed E-state index contributed by atoms with van der Waals surface area (Å²) in [6.45, 7) is -2.68. The number of aryl methyl sites for hydroxylation is 1. The van der Waals surface area contributed by atoms with Gasteiger partial charge in [0, 0.05) is 18.2 Å². The number of hydrogen-bond acceptors (Lipinski definition) is 5. The summed E-state index contributed by atoms with van der Waals surface area (Å²) in [6.07, 6.45) is 3.44. The van der Waals surface area contributed by atoms with E-state index in [0.717, 1.165) is 0 Å². The maximum Gasteiger partial charge on any atom is 0.387 e. The van der Waals surface area contributed by atoms with Gasteiger partial charge in [-0.25, -0.2) is 9.07 Å². The van der Waals surface area contributed by atoms with Crippen LogP contribution >= 0.6 is 0 Å². The number of carbonyl (C=O) groups excluding carboxylic acids is 1. The Morgan fingerprint density at radius 2 is 1.97 bits per heavy atom. The number of nitrogens with zero attached hydrogens (tertiary/aromatic N) is 3. The van der Waals surface area contributed by atoms with E-state index in [0.29, 0.717) is 29.8 Å². The molecule has 0 saturated heterocycles. The van der Waals surface area contributed by atoms with Crippen LogP contribution in [0.15, 0.2) is 54.6 Å². The maximum absolute atomic E-state index is 13.2. The summed E-state index contributed by atoms with van der Waals surface area (Å²) in [5.74, 6) is -0.704. The van der Waals surface area contributed by atoms with Crippen LogP contribution in [0.3, 0.4) is 0 Å². The summed E-state index contributed by atoms with van der Waals surface area (Å²) in [6, 6.07) is 13.7. The highest BCUT2D eigenvalue weighted by Gasteiger charge is 2.16. The Hall–Kier alpha value is -4.26. The lowest BCUT2D eigenvalue weighted by molar-refractivity contribution is -0.116. The van der Waals surface area contributed by atoms with Crippen LogP contribution in [0.1, 0.15) is 23.2 Å². The van der Waals surface area contributed by atoms with Crippen molar-refractivity contribution < 1.29 is 22.7 Å². The molecule has 3 aromatic rings. The molecule has 33 heavy (non-hydrogen) atoms. The van der Waals surface area contributed by atoms with E-state index in [-0.39, 0.29) is 23.7 Å². The van der Waals surface area contributed by atoms with Crippen LogP contribution in [-0.4, -0.2) is 28.8 Å². The molecule has 0 saturated carbocycles. The molecule has 0 spiro atoms. The molecule has 0 aliphatic rings. The number of nitriles is 1. The Morgan fingerprint density at radius 1 is 1.24 bits per heavy atom. The number of nitrogens with one attached hydrogen (secondary N) is 1. The van der Waals surface area contributed by atoms with Crippen LogP contribution in [0.25, 0.3) is 11.8 Å². The Bertz CT molecular complexity index is 1180. The standard InChI is InChI=1S/C23H20F3N5O2/c24-16-8-10-17(11-9-16)31-22(28)18(14-27)19(30-31)5-3-13-29-21(32)12-7-15-4-1-2-6-20(15)33-23(25)26/h1-2,4,6-12,23H,3,5,13,28H2,(H,29,32)/b12-7+. The minimum atomic E-state index is -2.97. The fraction of sp³-hybridized carbons (Fsp3) is 0.174. The highest BCUT2D eigenvalue weighted by atomic mass is 19.3. The average Bonchev–Trinajstić information content (AvgIpc) is 3.11. The summed E-state index contributed by atoms with van der Waals surface area (Å²) >= 11 is 0. The van der Waals surface area contributed by atoms with Crippen LogP contribution < -0.4 is 15.8 Å². The van der Waals surface area contributed by atoms with Gasteiger partial charge in [0.15, 0.2) is 0 Å². The van der Waals surface area contributed by atoms with Gasteiger partial charge in [0.05, 0.1) is 11.4 Å². The number of nitrogens with two attached hydrogens (primary N) is 1. The highest BCUT2D eigenvalue weighted by molar-refractivity contribution is 5.92. The fourth-order valence-electron chi connectivity index (χ4n) is 3.07. The van der Waals surface area contributed by atoms with E-state index in [1.54, 1.807) is 18.2 Å². The lowest BCUT2D eigenvalue weighted by atomic mass is 10.1. The van der Waals surface area contributed by atoms with Crippen LogP contribution in [0.2, 0.25) is 0 Å². The number of para-hydroxylation sites is 1. The molecule has 0 fully saturated rings. The van der Waals surface area contributed by atoms with Crippen molar-refractivity contribution in [3.63, 3.8) is 0 Å². The van der Waals surface area contributed by atoms with Gasteiger partial charge in [-0.15, -0.1) is 0 Å². The second kappa shape index (κ2) is 10.9. The maximum atomic E-state index is 13.2. The number of halogens is 3. The average molecular weight is 455 g/mol. The minimum absolute atomic E-state index is 0.0325. The van der Waals surface area contributed by atoms with Crippen LogP contribution in [0.4, 0.5) is 19.0 Å². The third-order valence-corrected chi connectivity index (χ3v) is 4.62. The SMILES string of the molecule is N#Cc1c(CCCNC(=O)/C=C/c2ccccc2OC(F)F)nn(-c2ccc(F)cc2)c1N. The number of nitrogen functional groups attached to an aromatic ring is 1. The van der Waals surface area contributed by atoms with Gasteiger partial charge in [0.25, 0.3) is 0 Å². The normalized spacial score (nSPS) is 11.0. The number of aromatic nitrogens is 2. The minimum Gasteiger partial charge on any atom is -0.434 e. The molecule has 170 valence electrons. The smallest absolute Gasteiger partial charge is 0.387 e. The summed E-state index contributed by atoms with van der Waals surface area (Å²) in [4.78, 5) is 12.0. The van der Waals surface area contributed by atoms with Crippen LogP contribution in [0, 0.1) is 17.1 Å². The van der Waals surface area contributed by atoms with E-state index in [4.69, 9.17) is 5.73 Å². The number of benzene rings is 2. The monoisotopic (exact) mass is 455 g/mol. The fourth-order valence-corrected chi connectivity index (χ4v) is 3.07. The molecule has 0 bridgehead atoms. The topological polar surface area (TPSA) is 106 Å². The van der Waals surface area contributed by atoms with Crippen molar-refractivity contribution in [2.45, 2.75) is 19.5 Å². The third-order valence-electron chi connectivity index (χ3n) is 4.62. The Morgan fingerprint density at radius 3 is 2.67 bits per heavy atom. The van der Waals surface area contributed by atoms with E-state index in [1.807, 2.05) is 6.07 Å². The van der Waals surface area contributed by atoms with E-state index in [1.165, 1.54) is 47.2 Å². The largest absolute Gasteiger partial charge is 0.434 e. The molecule has 0 unspecified atom stereocenters. The van der Waals surface area contributed by atoms with Crippen LogP contribution in [0.5, 0.6) is 5.75 Å². The van der Waals surface area contributed by atoms with Crippen molar-refractivity contribution in [3.05, 3.63) is 77.2 Å². The van der Waals surface area contributed by atoms with Crippen LogP contribution in [-0.2, 0) is 11.2 Å². The second-order valence-electron chi connectivity index (χ2n) is 6.85. The molecular weight excluding hydrogens is 435 g/mol. The van der Waals surface area contributed by atoms with Crippen molar-refractivity contribution in [1.29, 1.82) is 5.26 Å². The molecule has 10 heteroatoms. The van der Waals surface area contributed by atoms with Crippen molar-refractivity contribution in [1.82, 2.24) is 15.1 Å². The predicted molar refractivity (Wildman–Crippen MR) is 116 cm³/mol. The van der Waals surface area contributed by atoms with E-state index < -0.39 is 18.3 Å². The first kappa shape index (κ1) is 23.4. The molecule has 1 heterocycles. The Balaban J connectivity index is 1.57. The zero-order chi connectivity index (χ0) is 23.8. The summed E-state index contributed by atoms with van der Waals surface area (Å²) in [5.41, 5.74) is 7.57. The lowest BCUT2D eigenvalue weighted by Gasteiger charge is -2.07. The first-order chi connectivity index (χ1) is 15.9. The molecule has 3 rings (SSSR count). The third kappa shape index (κ3) is 6.13. The molecule has 0 radical (unpaired) electrons. The number of amides is 1. The number of alkyl halides is 2. The zero-order valence-corrected chi connectivity index (χ0v) is 17.3. The molecule has 1 aromatic heterocycles. The second-order valence-corrected chi connectivity index (χ2v) is 6.85. The number of rotatable bonds is 9. The van der Waals surface area contributed by atoms with Gasteiger partial charge in [-0.3, -0.25) is 4.79 Å². The van der Waals surface area contributed by atoms with Crippen molar-refractivity contribution in [2.75, 3.05) is 12.3 Å². The summed E-state index contributed by atoms with van der Waals surface area (Å²) in [7, 11) is 0. The van der Waals surface area contributed by atoms with Gasteiger partial charge < -0.3 is 15.8 Å². The Kier molecular flexibility index (Phi) is 7.70. The Labute approximate surface area is 187 Å². The van der Waals surface area contributed by atoms with Gasteiger partial charge in [-0.05, 0) is 49.2 Å².